The van der Waals surface area contributed by atoms with Crippen molar-refractivity contribution in [1.82, 2.24) is 25.2 Å². The summed E-state index contributed by atoms with van der Waals surface area (Å²) in [6.45, 7) is 8.20. The maximum atomic E-state index is 13.1. The highest BCUT2D eigenvalue weighted by Gasteiger charge is 2.16. The van der Waals surface area contributed by atoms with Crippen molar-refractivity contribution in [1.29, 1.82) is 0 Å². The molecule has 1 amide bonds. The molecule has 1 saturated heterocycles. The number of piperidine rings is 1. The van der Waals surface area contributed by atoms with E-state index in [-0.39, 0.29) is 17.8 Å². The zero-order valence-electron chi connectivity index (χ0n) is 16.1. The first-order valence-electron chi connectivity index (χ1n) is 9.71. The van der Waals surface area contributed by atoms with E-state index >= 15 is 0 Å². The summed E-state index contributed by atoms with van der Waals surface area (Å²) in [5.41, 5.74) is 1.21. The van der Waals surface area contributed by atoms with Crippen LogP contribution in [-0.4, -0.2) is 52.0 Å². The molecule has 0 bridgehead atoms. The summed E-state index contributed by atoms with van der Waals surface area (Å²) in [7, 11) is 0. The Morgan fingerprint density at radius 3 is 2.70 bits per heavy atom. The van der Waals surface area contributed by atoms with Crippen LogP contribution >= 0.6 is 0 Å². The quantitative estimate of drug-likeness (QED) is 0.758. The van der Waals surface area contributed by atoms with Gasteiger partial charge in [-0.3, -0.25) is 4.79 Å². The molecular formula is C20H28FN5O. The average molecular weight is 373 g/mol. The van der Waals surface area contributed by atoms with Gasteiger partial charge in [-0.25, -0.2) is 9.07 Å². The molecule has 1 fully saturated rings. The van der Waals surface area contributed by atoms with Gasteiger partial charge in [0.1, 0.15) is 5.82 Å². The predicted octanol–water partition coefficient (Wildman–Crippen LogP) is 2.88. The van der Waals surface area contributed by atoms with Crippen LogP contribution in [0.3, 0.4) is 0 Å². The number of hydrogen-bond acceptors (Lipinski definition) is 4. The second-order valence-corrected chi connectivity index (χ2v) is 7.44. The fourth-order valence-corrected chi connectivity index (χ4v) is 3.34. The summed E-state index contributed by atoms with van der Waals surface area (Å²) in [6.07, 6.45) is 5.10. The molecule has 0 saturated carbocycles. The number of halogens is 1. The highest BCUT2D eigenvalue weighted by molar-refractivity contribution is 5.91. The lowest BCUT2D eigenvalue weighted by Gasteiger charge is -2.30. The number of rotatable bonds is 7. The van der Waals surface area contributed by atoms with Gasteiger partial charge in [0, 0.05) is 6.54 Å². The molecular weight excluding hydrogens is 345 g/mol. The molecule has 1 aromatic carbocycles. The summed E-state index contributed by atoms with van der Waals surface area (Å²) in [5, 5.41) is 10.9. The summed E-state index contributed by atoms with van der Waals surface area (Å²) in [6, 6.07) is 6.13. The number of benzene rings is 1. The first-order chi connectivity index (χ1) is 13.0. The largest absolute Gasteiger partial charge is 0.351 e. The van der Waals surface area contributed by atoms with Crippen molar-refractivity contribution in [2.24, 2.45) is 5.92 Å². The van der Waals surface area contributed by atoms with Gasteiger partial charge in [0.15, 0.2) is 5.69 Å². The number of amides is 1. The summed E-state index contributed by atoms with van der Waals surface area (Å²) >= 11 is 0. The van der Waals surface area contributed by atoms with Gasteiger partial charge in [-0.1, -0.05) is 24.3 Å². The number of aromatic nitrogens is 3. The predicted molar refractivity (Wildman–Crippen MR) is 102 cm³/mol. The number of nitrogens with one attached hydrogen (secondary N) is 1. The second kappa shape index (κ2) is 9.08. The lowest BCUT2D eigenvalue weighted by molar-refractivity contribution is 0.0945. The Morgan fingerprint density at radius 2 is 2.00 bits per heavy atom. The van der Waals surface area contributed by atoms with Crippen LogP contribution < -0.4 is 5.32 Å². The Hall–Kier alpha value is -2.28. The van der Waals surface area contributed by atoms with Crippen LogP contribution in [0, 0.1) is 11.7 Å². The Kier molecular flexibility index (Phi) is 6.55. The van der Waals surface area contributed by atoms with E-state index in [9.17, 15) is 9.18 Å². The molecule has 0 spiro atoms. The fraction of sp³-hybridized carbons (Fsp3) is 0.550. The van der Waals surface area contributed by atoms with Gasteiger partial charge in [0.2, 0.25) is 0 Å². The van der Waals surface area contributed by atoms with E-state index in [4.69, 9.17) is 0 Å². The molecule has 6 nitrogen and oxygen atoms in total. The van der Waals surface area contributed by atoms with E-state index in [1.807, 2.05) is 6.92 Å². The Morgan fingerprint density at radius 1 is 1.30 bits per heavy atom. The SMILES string of the molecule is CC1CCN(CCCNC(=O)c2cn([C@H](C)c3ccc(F)cc3)nn2)CC1. The molecule has 1 N–H and O–H groups in total. The summed E-state index contributed by atoms with van der Waals surface area (Å²) in [4.78, 5) is 14.7. The number of nitrogens with zero attached hydrogens (tertiary/aromatic N) is 4. The third-order valence-electron chi connectivity index (χ3n) is 5.31. The number of hydrogen-bond donors (Lipinski definition) is 1. The first kappa shape index (κ1) is 19.5. The minimum absolute atomic E-state index is 0.124. The lowest BCUT2D eigenvalue weighted by Crippen LogP contribution is -2.35. The van der Waals surface area contributed by atoms with Gasteiger partial charge < -0.3 is 10.2 Å². The zero-order chi connectivity index (χ0) is 19.2. The van der Waals surface area contributed by atoms with Crippen LogP contribution in [0.2, 0.25) is 0 Å². The first-order valence-corrected chi connectivity index (χ1v) is 9.71. The second-order valence-electron chi connectivity index (χ2n) is 7.44. The molecule has 0 radical (unpaired) electrons. The van der Waals surface area contributed by atoms with Crippen molar-refractivity contribution >= 4 is 5.91 Å². The van der Waals surface area contributed by atoms with E-state index in [1.54, 1.807) is 23.0 Å². The highest BCUT2D eigenvalue weighted by Crippen LogP contribution is 2.17. The van der Waals surface area contributed by atoms with E-state index < -0.39 is 0 Å². The number of carbonyl (C=O) groups excluding carboxylic acids is 1. The minimum Gasteiger partial charge on any atom is -0.351 e. The molecule has 2 heterocycles. The lowest BCUT2D eigenvalue weighted by atomic mass is 9.99. The van der Waals surface area contributed by atoms with Crippen molar-refractivity contribution < 1.29 is 9.18 Å². The third kappa shape index (κ3) is 5.35. The standard InChI is InChI=1S/C20H28FN5O/c1-15-8-12-25(13-9-15)11-3-10-22-20(27)19-14-26(24-23-19)16(2)17-4-6-18(21)7-5-17/h4-7,14-16H,3,8-13H2,1-2H3,(H,22,27)/t16-/m1/s1. The molecule has 1 aliphatic rings. The van der Waals surface area contributed by atoms with E-state index in [1.165, 1.54) is 25.0 Å². The van der Waals surface area contributed by atoms with Crippen LogP contribution in [0.5, 0.6) is 0 Å². The molecule has 27 heavy (non-hydrogen) atoms. The topological polar surface area (TPSA) is 63.1 Å². The molecule has 146 valence electrons. The number of likely N-dealkylation sites (tertiary alicyclic amines) is 1. The third-order valence-corrected chi connectivity index (χ3v) is 5.31. The van der Waals surface area contributed by atoms with E-state index in [0.29, 0.717) is 12.2 Å². The van der Waals surface area contributed by atoms with Crippen LogP contribution in [0.25, 0.3) is 0 Å². The zero-order valence-corrected chi connectivity index (χ0v) is 16.1. The van der Waals surface area contributed by atoms with Gasteiger partial charge in [0.25, 0.3) is 5.91 Å². The highest BCUT2D eigenvalue weighted by atomic mass is 19.1. The van der Waals surface area contributed by atoms with Crippen molar-refractivity contribution in [3.63, 3.8) is 0 Å². The molecule has 0 aliphatic carbocycles. The van der Waals surface area contributed by atoms with Crippen molar-refractivity contribution in [2.45, 2.75) is 39.2 Å². The molecule has 2 aromatic rings. The molecule has 0 unspecified atom stereocenters. The van der Waals surface area contributed by atoms with Crippen LogP contribution in [0.1, 0.15) is 55.2 Å². The van der Waals surface area contributed by atoms with Crippen molar-refractivity contribution in [3.8, 4) is 0 Å². The Bertz CT molecular complexity index is 737. The van der Waals surface area contributed by atoms with Crippen molar-refractivity contribution in [2.75, 3.05) is 26.2 Å². The van der Waals surface area contributed by atoms with Gasteiger partial charge in [-0.15, -0.1) is 5.10 Å². The number of carbonyl (C=O) groups is 1. The van der Waals surface area contributed by atoms with Crippen LogP contribution in [0.4, 0.5) is 4.39 Å². The molecule has 1 aliphatic heterocycles. The summed E-state index contributed by atoms with van der Waals surface area (Å²) in [5.74, 6) is 0.351. The Balaban J connectivity index is 1.44. The maximum absolute atomic E-state index is 13.1. The van der Waals surface area contributed by atoms with Gasteiger partial charge >= 0.3 is 0 Å². The maximum Gasteiger partial charge on any atom is 0.273 e. The van der Waals surface area contributed by atoms with Gasteiger partial charge in [0.05, 0.1) is 12.2 Å². The summed E-state index contributed by atoms with van der Waals surface area (Å²) < 4.78 is 14.7. The van der Waals surface area contributed by atoms with Crippen LogP contribution in [0.15, 0.2) is 30.5 Å². The van der Waals surface area contributed by atoms with Crippen LogP contribution in [-0.2, 0) is 0 Å². The van der Waals surface area contributed by atoms with E-state index in [0.717, 1.165) is 37.5 Å². The molecule has 3 rings (SSSR count). The Labute approximate surface area is 159 Å². The average Bonchev–Trinajstić information content (AvgIpc) is 3.17. The molecule has 1 atom stereocenters. The molecule has 1 aromatic heterocycles. The fourth-order valence-electron chi connectivity index (χ4n) is 3.34. The monoisotopic (exact) mass is 373 g/mol. The van der Waals surface area contributed by atoms with E-state index in [2.05, 4.69) is 27.5 Å². The van der Waals surface area contributed by atoms with Gasteiger partial charge in [-0.05, 0) is 69.4 Å². The minimum atomic E-state index is -0.274. The smallest absolute Gasteiger partial charge is 0.273 e. The van der Waals surface area contributed by atoms with Gasteiger partial charge in [-0.2, -0.15) is 0 Å². The normalized spacial score (nSPS) is 17.0. The molecule has 7 heteroatoms. The van der Waals surface area contributed by atoms with Crippen molar-refractivity contribution in [3.05, 3.63) is 47.5 Å².